The molecule has 6 nitrogen and oxygen atoms in total. The number of aliphatic imine (C=N–C) groups is 1. The van der Waals surface area contributed by atoms with Gasteiger partial charge in [0.25, 0.3) is 0 Å². The molecule has 1 aromatic rings. The number of methoxy groups -OCH3 is 1. The number of carbonyl (C=O) groups is 1. The highest BCUT2D eigenvalue weighted by atomic mass is 127. The average molecular weight is 476 g/mol. The normalized spacial score (nSPS) is 18.0. The summed E-state index contributed by atoms with van der Waals surface area (Å²) in [6.45, 7) is 2.64. The molecule has 0 spiro atoms. The predicted octanol–water partition coefficient (Wildman–Crippen LogP) is 1.97. The maximum atomic E-state index is 13.7. The lowest BCUT2D eigenvalue weighted by molar-refractivity contribution is -0.135. The molecule has 0 radical (unpaired) electrons. The second kappa shape index (κ2) is 9.50. The average Bonchev–Trinajstić information content (AvgIpc) is 3.43. The van der Waals surface area contributed by atoms with Crippen LogP contribution in [-0.4, -0.2) is 61.5 Å². The molecule has 2 aliphatic rings. The van der Waals surface area contributed by atoms with Crippen molar-refractivity contribution in [2.24, 2.45) is 4.99 Å². The zero-order chi connectivity index (χ0) is 17.8. The molecule has 1 aromatic carbocycles. The fourth-order valence-corrected chi connectivity index (χ4v) is 3.16. The Kier molecular flexibility index (Phi) is 7.63. The van der Waals surface area contributed by atoms with Gasteiger partial charge in [0.1, 0.15) is 5.82 Å². The Morgan fingerprint density at radius 3 is 2.77 bits per heavy atom. The second-order valence-electron chi connectivity index (χ2n) is 6.50. The largest absolute Gasteiger partial charge is 0.380 e. The molecule has 1 N–H and O–H groups in total. The van der Waals surface area contributed by atoms with Crippen molar-refractivity contribution in [3.8, 4) is 0 Å². The minimum atomic E-state index is -0.267. The van der Waals surface area contributed by atoms with Crippen molar-refractivity contribution in [2.75, 3.05) is 33.8 Å². The van der Waals surface area contributed by atoms with E-state index in [1.54, 1.807) is 26.3 Å². The monoisotopic (exact) mass is 476 g/mol. The van der Waals surface area contributed by atoms with E-state index >= 15 is 0 Å². The maximum absolute atomic E-state index is 13.7. The number of hydrogen-bond acceptors (Lipinski definition) is 3. The van der Waals surface area contributed by atoms with E-state index in [0.717, 1.165) is 31.5 Å². The first-order chi connectivity index (χ1) is 12.1. The van der Waals surface area contributed by atoms with Gasteiger partial charge in [-0.25, -0.2) is 4.39 Å². The predicted molar refractivity (Wildman–Crippen MR) is 109 cm³/mol. The molecule has 0 bridgehead atoms. The molecule has 0 aromatic heterocycles. The first-order valence-corrected chi connectivity index (χ1v) is 8.63. The van der Waals surface area contributed by atoms with Crippen LogP contribution < -0.4 is 5.32 Å². The van der Waals surface area contributed by atoms with Crippen LogP contribution in [-0.2, 0) is 22.7 Å². The van der Waals surface area contributed by atoms with Gasteiger partial charge in [0.2, 0.25) is 5.91 Å². The molecule has 26 heavy (non-hydrogen) atoms. The highest BCUT2D eigenvalue weighted by molar-refractivity contribution is 14.0. The standard InChI is InChI=1S/C18H25FN4O2.HI/c1-20-18(22-7-8-23(15-4-5-15)17(24)11-22)21-10-13-3-6-16(19)14(9-13)12-25-2;/h3,6,9,15H,4-5,7-8,10-12H2,1-2H3,(H,20,21);1H. The zero-order valence-corrected chi connectivity index (χ0v) is 17.5. The van der Waals surface area contributed by atoms with Crippen molar-refractivity contribution in [2.45, 2.75) is 32.0 Å². The maximum Gasteiger partial charge on any atom is 0.242 e. The Balaban J connectivity index is 0.00000243. The van der Waals surface area contributed by atoms with E-state index in [9.17, 15) is 9.18 Å². The highest BCUT2D eigenvalue weighted by Crippen LogP contribution is 2.28. The van der Waals surface area contributed by atoms with E-state index < -0.39 is 0 Å². The minimum Gasteiger partial charge on any atom is -0.380 e. The van der Waals surface area contributed by atoms with Gasteiger partial charge in [-0.3, -0.25) is 9.79 Å². The van der Waals surface area contributed by atoms with Gasteiger partial charge in [0.05, 0.1) is 13.2 Å². The molecule has 8 heteroatoms. The van der Waals surface area contributed by atoms with Gasteiger partial charge in [-0.15, -0.1) is 24.0 Å². The quantitative estimate of drug-likeness (QED) is 0.401. The van der Waals surface area contributed by atoms with Gasteiger partial charge < -0.3 is 19.9 Å². The molecular weight excluding hydrogens is 450 g/mol. The molecule has 0 unspecified atom stereocenters. The number of guanidine groups is 1. The molecule has 3 rings (SSSR count). The number of hydrogen-bond donors (Lipinski definition) is 1. The van der Waals surface area contributed by atoms with Gasteiger partial charge in [-0.05, 0) is 30.5 Å². The number of rotatable bonds is 5. The summed E-state index contributed by atoms with van der Waals surface area (Å²) in [5, 5.41) is 3.27. The van der Waals surface area contributed by atoms with Crippen molar-refractivity contribution in [3.63, 3.8) is 0 Å². The molecular formula is C18H26FIN4O2. The topological polar surface area (TPSA) is 57.2 Å². The third-order valence-corrected chi connectivity index (χ3v) is 4.62. The third-order valence-electron chi connectivity index (χ3n) is 4.62. The zero-order valence-electron chi connectivity index (χ0n) is 15.2. The molecule has 1 saturated carbocycles. The van der Waals surface area contributed by atoms with E-state index in [1.165, 1.54) is 6.07 Å². The summed E-state index contributed by atoms with van der Waals surface area (Å²) < 4.78 is 18.7. The Morgan fingerprint density at radius 1 is 1.38 bits per heavy atom. The van der Waals surface area contributed by atoms with E-state index in [2.05, 4.69) is 10.3 Å². The number of nitrogens with one attached hydrogen (secondary N) is 1. The SMILES string of the molecule is CN=C(NCc1ccc(F)c(COC)c1)N1CCN(C2CC2)C(=O)C1.I. The van der Waals surface area contributed by atoms with Gasteiger partial charge in [0, 0.05) is 45.4 Å². The summed E-state index contributed by atoms with van der Waals surface area (Å²) in [4.78, 5) is 20.5. The van der Waals surface area contributed by atoms with Crippen molar-refractivity contribution in [3.05, 3.63) is 35.1 Å². The van der Waals surface area contributed by atoms with Crippen LogP contribution in [0.25, 0.3) is 0 Å². The van der Waals surface area contributed by atoms with Crippen LogP contribution in [0, 0.1) is 5.82 Å². The first kappa shape index (κ1) is 20.9. The number of halogens is 2. The van der Waals surface area contributed by atoms with Crippen LogP contribution in [0.1, 0.15) is 24.0 Å². The Bertz CT molecular complexity index is 667. The summed E-state index contributed by atoms with van der Waals surface area (Å²) in [5.74, 6) is 0.596. The van der Waals surface area contributed by atoms with Crippen LogP contribution in [0.5, 0.6) is 0 Å². The molecule has 2 fully saturated rings. The molecule has 1 aliphatic carbocycles. The first-order valence-electron chi connectivity index (χ1n) is 8.63. The number of benzene rings is 1. The van der Waals surface area contributed by atoms with Crippen LogP contribution in [0.15, 0.2) is 23.2 Å². The molecule has 144 valence electrons. The molecule has 0 atom stereocenters. The van der Waals surface area contributed by atoms with E-state index in [1.807, 2.05) is 9.80 Å². The van der Waals surface area contributed by atoms with E-state index in [0.29, 0.717) is 30.7 Å². The number of ether oxygens (including phenoxy) is 1. The Morgan fingerprint density at radius 2 is 2.15 bits per heavy atom. The fourth-order valence-electron chi connectivity index (χ4n) is 3.16. The number of nitrogens with zero attached hydrogens (tertiary/aromatic N) is 3. The lowest BCUT2D eigenvalue weighted by Crippen LogP contribution is -2.55. The second-order valence-corrected chi connectivity index (χ2v) is 6.50. The van der Waals surface area contributed by atoms with Crippen molar-refractivity contribution in [1.29, 1.82) is 0 Å². The van der Waals surface area contributed by atoms with Crippen molar-refractivity contribution >= 4 is 35.8 Å². The molecule has 1 amide bonds. The van der Waals surface area contributed by atoms with Gasteiger partial charge >= 0.3 is 0 Å². The van der Waals surface area contributed by atoms with Crippen molar-refractivity contribution in [1.82, 2.24) is 15.1 Å². The van der Waals surface area contributed by atoms with Crippen LogP contribution in [0.2, 0.25) is 0 Å². The number of carbonyl (C=O) groups excluding carboxylic acids is 1. The fraction of sp³-hybridized carbons (Fsp3) is 0.556. The van der Waals surface area contributed by atoms with Crippen molar-refractivity contribution < 1.29 is 13.9 Å². The number of amides is 1. The summed E-state index contributed by atoms with van der Waals surface area (Å²) in [5.41, 5.74) is 1.47. The van der Waals surface area contributed by atoms with E-state index in [-0.39, 0.29) is 42.3 Å². The minimum absolute atomic E-state index is 0. The molecule has 1 heterocycles. The van der Waals surface area contributed by atoms with Crippen LogP contribution >= 0.6 is 24.0 Å². The van der Waals surface area contributed by atoms with Gasteiger partial charge in [-0.2, -0.15) is 0 Å². The summed E-state index contributed by atoms with van der Waals surface area (Å²) in [6.07, 6.45) is 2.26. The summed E-state index contributed by atoms with van der Waals surface area (Å²) in [6, 6.07) is 5.44. The van der Waals surface area contributed by atoms with E-state index in [4.69, 9.17) is 4.74 Å². The highest BCUT2D eigenvalue weighted by Gasteiger charge is 2.36. The van der Waals surface area contributed by atoms with Gasteiger partial charge in [0.15, 0.2) is 5.96 Å². The smallest absolute Gasteiger partial charge is 0.242 e. The summed E-state index contributed by atoms with van der Waals surface area (Å²) in [7, 11) is 3.26. The third kappa shape index (κ3) is 5.06. The lowest BCUT2D eigenvalue weighted by atomic mass is 10.1. The molecule has 1 aliphatic heterocycles. The van der Waals surface area contributed by atoms with Crippen LogP contribution in [0.3, 0.4) is 0 Å². The van der Waals surface area contributed by atoms with Gasteiger partial charge in [-0.1, -0.05) is 6.07 Å². The molecule has 1 saturated heterocycles. The summed E-state index contributed by atoms with van der Waals surface area (Å²) >= 11 is 0. The Labute approximate surface area is 170 Å². The van der Waals surface area contributed by atoms with Crippen LogP contribution in [0.4, 0.5) is 4.39 Å². The Hall–Kier alpha value is -1.42. The number of piperazine rings is 1. The lowest BCUT2D eigenvalue weighted by Gasteiger charge is -2.36.